The monoisotopic (exact) mass is 406 g/mol. The Morgan fingerprint density at radius 3 is 1.62 bits per heavy atom. The van der Waals surface area contributed by atoms with E-state index in [1.54, 1.807) is 0 Å². The van der Waals surface area contributed by atoms with E-state index in [-0.39, 0.29) is 31.9 Å². The van der Waals surface area contributed by atoms with E-state index < -0.39 is 0 Å². The van der Waals surface area contributed by atoms with Crippen molar-refractivity contribution >= 4 is 25.3 Å². The summed E-state index contributed by atoms with van der Waals surface area (Å²) >= 11 is 9.68. The molecule has 0 spiro atoms. The van der Waals surface area contributed by atoms with Gasteiger partial charge in [0.05, 0.1) is 0 Å². The molecule has 0 aromatic heterocycles. The summed E-state index contributed by atoms with van der Waals surface area (Å²) < 4.78 is -0.120. The minimum Gasteiger partial charge on any atom is -0.800 e. The quantitative estimate of drug-likeness (QED) is 0.404. The molecule has 0 unspecified atom stereocenters. The number of nitrogens with two attached hydrogens (primary N) is 1. The summed E-state index contributed by atoms with van der Waals surface area (Å²) in [5, 5.41) is 9.00. The molecule has 0 aliphatic heterocycles. The Labute approximate surface area is 104 Å². The third-order valence-corrected chi connectivity index (χ3v) is 1.71. The minimum atomic E-state index is -0.120. The van der Waals surface area contributed by atoms with Crippen molar-refractivity contribution < 1.29 is 21.1 Å². The molecule has 0 radical (unpaired) electrons. The summed E-state index contributed by atoms with van der Waals surface area (Å²) in [4.78, 5) is 10.0. The molecule has 0 rings (SSSR count). The zero-order valence-corrected chi connectivity index (χ0v) is 11.3. The van der Waals surface area contributed by atoms with Crippen LogP contribution in [-0.2, 0) is 46.3 Å². The molecule has 0 aromatic rings. The van der Waals surface area contributed by atoms with Gasteiger partial charge in [-0.25, -0.2) is 4.71 Å². The first kappa shape index (κ1) is 23.5. The summed E-state index contributed by atoms with van der Waals surface area (Å²) in [6, 6.07) is 0. The van der Waals surface area contributed by atoms with Crippen LogP contribution in [0.1, 0.15) is 13.8 Å². The first-order chi connectivity index (χ1) is 5.13. The molecule has 0 aliphatic rings. The van der Waals surface area contributed by atoms with E-state index in [9.17, 15) is 0 Å². The summed E-state index contributed by atoms with van der Waals surface area (Å²) in [5.74, 6) is 0. The third kappa shape index (κ3) is 19.2. The number of hydrogen-bond donors (Lipinski definition) is 0. The summed E-state index contributed by atoms with van der Waals surface area (Å²) in [7, 11) is 0. The first-order valence-corrected chi connectivity index (χ1v) is 4.08. The Hall–Kier alpha value is 0.708. The van der Waals surface area contributed by atoms with Gasteiger partial charge >= 0.3 is 0 Å². The van der Waals surface area contributed by atoms with Crippen LogP contribution >= 0.6 is 0 Å². The Morgan fingerprint density at radius 2 is 1.62 bits per heavy atom. The van der Waals surface area contributed by atoms with Crippen LogP contribution in [0.15, 0.2) is 5.34 Å². The second-order valence-electron chi connectivity index (χ2n) is 1.60. The van der Waals surface area contributed by atoms with Crippen LogP contribution in [0.3, 0.4) is 0 Å². The van der Waals surface area contributed by atoms with E-state index in [1.165, 1.54) is 0 Å². The van der Waals surface area contributed by atoms with Gasteiger partial charge in [0, 0.05) is 21.1 Å². The molecule has 5 nitrogen and oxygen atoms in total. The van der Waals surface area contributed by atoms with Crippen molar-refractivity contribution in [3.8, 4) is 0 Å². The van der Waals surface area contributed by atoms with E-state index in [1.807, 2.05) is 4.90 Å². The SMILES string of the molecule is CCN(CC)C([S-])[S-].O=N[O-].[NH2-].[Pt]. The van der Waals surface area contributed by atoms with Gasteiger partial charge in [0.1, 0.15) is 0 Å². The summed E-state index contributed by atoms with van der Waals surface area (Å²) in [6.45, 7) is 6.06. The van der Waals surface area contributed by atoms with Crippen LogP contribution in [0.2, 0.25) is 0 Å². The van der Waals surface area contributed by atoms with Crippen molar-refractivity contribution in [2.45, 2.75) is 18.6 Å². The number of hydrogen-bond acceptors (Lipinski definition) is 6. The maximum absolute atomic E-state index is 8.00. The average molecular weight is 406 g/mol. The molecule has 0 amide bonds. The van der Waals surface area contributed by atoms with Crippen molar-refractivity contribution in [3.63, 3.8) is 0 Å². The molecule has 0 aliphatic carbocycles. The Kier molecular flexibility index (Phi) is 33.4. The van der Waals surface area contributed by atoms with E-state index in [4.69, 9.17) is 35.4 Å². The van der Waals surface area contributed by atoms with Crippen LogP contribution in [0.5, 0.6) is 0 Å². The van der Waals surface area contributed by atoms with Gasteiger partial charge in [-0.3, -0.25) is 0 Å². The van der Waals surface area contributed by atoms with Crippen LogP contribution in [-0.4, -0.2) is 22.7 Å². The summed E-state index contributed by atoms with van der Waals surface area (Å²) in [5.41, 5.74) is 0. The Morgan fingerprint density at radius 1 is 1.38 bits per heavy atom. The molecule has 2 N–H and O–H groups in total. The molecule has 0 bridgehead atoms. The van der Waals surface area contributed by atoms with Gasteiger partial charge in [-0.1, -0.05) is 13.8 Å². The van der Waals surface area contributed by atoms with Crippen LogP contribution < -0.4 is 0 Å². The molecular weight excluding hydrogens is 393 g/mol. The maximum atomic E-state index is 8.00. The van der Waals surface area contributed by atoms with Crippen molar-refractivity contribution in [3.05, 3.63) is 16.3 Å². The van der Waals surface area contributed by atoms with Crippen molar-refractivity contribution in [2.75, 3.05) is 13.1 Å². The molecule has 86 valence electrons. The molecule has 13 heavy (non-hydrogen) atoms. The van der Waals surface area contributed by atoms with Crippen LogP contribution in [0.25, 0.3) is 6.15 Å². The largest absolute Gasteiger partial charge is 0.800 e. The van der Waals surface area contributed by atoms with Crippen LogP contribution in [0.4, 0.5) is 0 Å². The van der Waals surface area contributed by atoms with Gasteiger partial charge in [-0.2, -0.15) is 0 Å². The predicted molar refractivity (Wildman–Crippen MR) is 55.9 cm³/mol. The summed E-state index contributed by atoms with van der Waals surface area (Å²) in [6.07, 6.45) is 0. The molecule has 0 saturated heterocycles. The number of rotatable bonds is 3. The average Bonchev–Trinajstić information content (AvgIpc) is 1.91. The molecule has 8 heteroatoms. The normalized spacial score (nSPS) is 7.85. The van der Waals surface area contributed by atoms with Gasteiger partial charge in [0.25, 0.3) is 0 Å². The fourth-order valence-electron chi connectivity index (χ4n) is 0.522. The van der Waals surface area contributed by atoms with Gasteiger partial charge in [-0.15, -0.1) is 5.34 Å². The van der Waals surface area contributed by atoms with E-state index >= 15 is 0 Å². The van der Waals surface area contributed by atoms with Crippen LogP contribution in [0, 0.1) is 10.1 Å². The second-order valence-corrected chi connectivity index (χ2v) is 2.79. The number of nitrogens with zero attached hydrogens (tertiary/aromatic N) is 2. The zero-order chi connectivity index (χ0) is 9.28. The van der Waals surface area contributed by atoms with E-state index in [2.05, 4.69) is 13.8 Å². The smallest absolute Gasteiger partial charge is 0 e. The molecule has 0 fully saturated rings. The van der Waals surface area contributed by atoms with Crippen molar-refractivity contribution in [2.24, 2.45) is 5.34 Å². The molecule has 0 atom stereocenters. The van der Waals surface area contributed by atoms with E-state index in [0.717, 1.165) is 18.4 Å². The first-order valence-electron chi connectivity index (χ1n) is 3.14. The molecule has 0 heterocycles. The minimum absolute atomic E-state index is 0. The van der Waals surface area contributed by atoms with Gasteiger partial charge in [0.15, 0.2) is 0 Å². The third-order valence-electron chi connectivity index (χ3n) is 1.11. The van der Waals surface area contributed by atoms with Gasteiger partial charge in [0.2, 0.25) is 0 Å². The van der Waals surface area contributed by atoms with E-state index in [0.29, 0.717) is 0 Å². The standard InChI is InChI=1S/C5H13NS2.HNO2.H2N.Pt/c1-3-6(4-2)5(7)8;2-1-3;;/h5,7-8H,3-4H2,1-2H3;(H,2,3);1H2;/q;;-1;/p-3. The molecule has 0 saturated carbocycles. The predicted octanol–water partition coefficient (Wildman–Crippen LogP) is 1.67. The zero-order valence-electron chi connectivity index (χ0n) is 7.41. The van der Waals surface area contributed by atoms with Gasteiger partial charge < -0.3 is 46.4 Å². The fourth-order valence-corrected chi connectivity index (χ4v) is 1.12. The fraction of sp³-hybridized carbons (Fsp3) is 1.00. The van der Waals surface area contributed by atoms with Crippen molar-refractivity contribution in [1.82, 2.24) is 4.90 Å². The van der Waals surface area contributed by atoms with Gasteiger partial charge in [-0.05, 0) is 13.1 Å². The Balaban J connectivity index is -0.0000000720. The molecular formula is C5H13N3O2PtS2-4. The Bertz CT molecular complexity index is 95.8. The maximum Gasteiger partial charge on any atom is 0 e. The second kappa shape index (κ2) is 18.5. The molecule has 0 aromatic carbocycles. The van der Waals surface area contributed by atoms with Crippen molar-refractivity contribution in [1.29, 1.82) is 0 Å². The topological polar surface area (TPSA) is 89.2 Å².